The second-order valence-corrected chi connectivity index (χ2v) is 3.28. The van der Waals surface area contributed by atoms with Crippen LogP contribution in [0.1, 0.15) is 15.9 Å². The van der Waals surface area contributed by atoms with E-state index in [4.69, 9.17) is 11.6 Å². The second kappa shape index (κ2) is 5.10. The number of hydrogen-bond donors (Lipinski definition) is 1. The highest BCUT2D eigenvalue weighted by atomic mass is 35.5. The molecule has 1 rings (SSSR count). The number of halogens is 1. The van der Waals surface area contributed by atoms with Gasteiger partial charge in [-0.25, -0.2) is 0 Å². The van der Waals surface area contributed by atoms with Crippen LogP contribution in [0.2, 0.25) is 5.02 Å². The first-order valence-corrected chi connectivity index (χ1v) is 4.81. The molecule has 0 atom stereocenters. The molecular formula is C10H9ClOS. The summed E-state index contributed by atoms with van der Waals surface area (Å²) in [6.45, 7) is 0. The molecule has 0 saturated heterocycles. The van der Waals surface area contributed by atoms with Crippen molar-refractivity contribution in [2.45, 2.75) is 0 Å². The lowest BCUT2D eigenvalue weighted by molar-refractivity contribution is 0.112. The molecule has 0 bridgehead atoms. The average Bonchev–Trinajstić information content (AvgIpc) is 2.16. The Morgan fingerprint density at radius 3 is 2.77 bits per heavy atom. The maximum atomic E-state index is 10.6. The second-order valence-electron chi connectivity index (χ2n) is 2.48. The average molecular weight is 213 g/mol. The molecule has 0 aliphatic rings. The van der Waals surface area contributed by atoms with E-state index in [1.807, 2.05) is 18.2 Å². The van der Waals surface area contributed by atoms with E-state index in [2.05, 4.69) is 12.6 Å². The smallest absolute Gasteiger partial charge is 0.150 e. The van der Waals surface area contributed by atoms with Crippen molar-refractivity contribution in [2.24, 2.45) is 0 Å². The summed E-state index contributed by atoms with van der Waals surface area (Å²) in [4.78, 5) is 10.6. The SMILES string of the molecule is O=Cc1cc(Cl)ccc1C=CCS. The summed E-state index contributed by atoms with van der Waals surface area (Å²) >= 11 is 9.77. The van der Waals surface area contributed by atoms with Gasteiger partial charge in [-0.05, 0) is 17.7 Å². The van der Waals surface area contributed by atoms with Gasteiger partial charge in [-0.15, -0.1) is 0 Å². The molecule has 1 aromatic carbocycles. The number of benzene rings is 1. The zero-order chi connectivity index (χ0) is 9.68. The number of rotatable bonds is 3. The summed E-state index contributed by atoms with van der Waals surface area (Å²) in [5.41, 5.74) is 1.47. The minimum Gasteiger partial charge on any atom is -0.298 e. The van der Waals surface area contributed by atoms with Gasteiger partial charge in [0.1, 0.15) is 0 Å². The molecule has 0 spiro atoms. The number of carbonyl (C=O) groups is 1. The van der Waals surface area contributed by atoms with E-state index in [0.717, 1.165) is 11.8 Å². The Labute approximate surface area is 87.8 Å². The molecule has 13 heavy (non-hydrogen) atoms. The van der Waals surface area contributed by atoms with Crippen LogP contribution < -0.4 is 0 Å². The zero-order valence-electron chi connectivity index (χ0n) is 6.90. The lowest BCUT2D eigenvalue weighted by atomic mass is 10.1. The van der Waals surface area contributed by atoms with Gasteiger partial charge in [-0.3, -0.25) is 4.79 Å². The Morgan fingerprint density at radius 1 is 1.38 bits per heavy atom. The van der Waals surface area contributed by atoms with Gasteiger partial charge >= 0.3 is 0 Å². The minimum atomic E-state index is 0.574. The van der Waals surface area contributed by atoms with E-state index in [1.54, 1.807) is 12.1 Å². The van der Waals surface area contributed by atoms with Crippen molar-refractivity contribution < 1.29 is 4.79 Å². The fourth-order valence-corrected chi connectivity index (χ4v) is 1.27. The van der Waals surface area contributed by atoms with Crippen molar-refractivity contribution in [2.75, 3.05) is 5.75 Å². The molecule has 0 aromatic heterocycles. The van der Waals surface area contributed by atoms with Crippen LogP contribution in [0.25, 0.3) is 6.08 Å². The molecule has 0 amide bonds. The fraction of sp³-hybridized carbons (Fsp3) is 0.100. The zero-order valence-corrected chi connectivity index (χ0v) is 8.55. The van der Waals surface area contributed by atoms with E-state index < -0.39 is 0 Å². The maximum absolute atomic E-state index is 10.6. The molecule has 0 saturated carbocycles. The molecule has 0 N–H and O–H groups in total. The van der Waals surface area contributed by atoms with Gasteiger partial charge in [0.2, 0.25) is 0 Å². The van der Waals surface area contributed by atoms with Gasteiger partial charge < -0.3 is 0 Å². The number of thiol groups is 1. The largest absolute Gasteiger partial charge is 0.298 e. The highest BCUT2D eigenvalue weighted by Gasteiger charge is 1.98. The van der Waals surface area contributed by atoms with Crippen LogP contribution in [0.4, 0.5) is 0 Å². The number of hydrogen-bond acceptors (Lipinski definition) is 2. The van der Waals surface area contributed by atoms with Crippen LogP contribution in [0.15, 0.2) is 24.3 Å². The summed E-state index contributed by atoms with van der Waals surface area (Å²) in [5, 5.41) is 0.574. The Hall–Kier alpha value is -0.730. The van der Waals surface area contributed by atoms with Gasteiger partial charge in [0.25, 0.3) is 0 Å². The summed E-state index contributed by atoms with van der Waals surface area (Å²) in [7, 11) is 0. The molecule has 0 radical (unpaired) electrons. The first-order chi connectivity index (χ1) is 6.27. The standard InChI is InChI=1S/C10H9ClOS/c11-10-4-3-8(2-1-5-13)9(6-10)7-12/h1-4,6-7,13H,5H2. The molecule has 68 valence electrons. The monoisotopic (exact) mass is 212 g/mol. The first-order valence-electron chi connectivity index (χ1n) is 3.80. The molecule has 1 nitrogen and oxygen atoms in total. The molecule has 1 aromatic rings. The Kier molecular flexibility index (Phi) is 4.06. The van der Waals surface area contributed by atoms with Gasteiger partial charge in [0.15, 0.2) is 6.29 Å². The molecule has 0 aliphatic carbocycles. The van der Waals surface area contributed by atoms with E-state index in [1.165, 1.54) is 0 Å². The van der Waals surface area contributed by atoms with Gasteiger partial charge in [0.05, 0.1) is 0 Å². The van der Waals surface area contributed by atoms with E-state index in [9.17, 15) is 4.79 Å². The van der Waals surface area contributed by atoms with Gasteiger partial charge in [-0.1, -0.05) is 29.8 Å². The molecule has 0 aliphatic heterocycles. The highest BCUT2D eigenvalue weighted by Crippen LogP contribution is 2.15. The third-order valence-electron chi connectivity index (χ3n) is 1.58. The molecule has 3 heteroatoms. The van der Waals surface area contributed by atoms with Crippen LogP contribution in [0.5, 0.6) is 0 Å². The van der Waals surface area contributed by atoms with Gasteiger partial charge in [-0.2, -0.15) is 12.6 Å². The first kappa shape index (κ1) is 10.4. The number of carbonyl (C=O) groups excluding carboxylic acids is 1. The molecule has 0 heterocycles. The Morgan fingerprint density at radius 2 is 2.15 bits per heavy atom. The van der Waals surface area contributed by atoms with Crippen molar-refractivity contribution >= 4 is 36.6 Å². The lowest BCUT2D eigenvalue weighted by Crippen LogP contribution is -1.85. The summed E-state index contributed by atoms with van der Waals surface area (Å²) < 4.78 is 0. The van der Waals surface area contributed by atoms with Crippen molar-refractivity contribution in [1.29, 1.82) is 0 Å². The van der Waals surface area contributed by atoms with Gasteiger partial charge in [0, 0.05) is 16.3 Å². The fourth-order valence-electron chi connectivity index (χ4n) is 0.979. The lowest BCUT2D eigenvalue weighted by Gasteiger charge is -1.98. The van der Waals surface area contributed by atoms with Crippen LogP contribution in [0, 0.1) is 0 Å². The Balaban J connectivity index is 3.06. The molecular weight excluding hydrogens is 204 g/mol. The quantitative estimate of drug-likeness (QED) is 0.602. The van der Waals surface area contributed by atoms with E-state index in [0.29, 0.717) is 16.3 Å². The minimum absolute atomic E-state index is 0.574. The maximum Gasteiger partial charge on any atom is 0.150 e. The molecule has 0 unspecified atom stereocenters. The topological polar surface area (TPSA) is 17.1 Å². The predicted molar refractivity (Wildman–Crippen MR) is 59.7 cm³/mol. The van der Waals surface area contributed by atoms with Crippen LogP contribution in [-0.2, 0) is 0 Å². The van der Waals surface area contributed by atoms with Crippen LogP contribution in [0.3, 0.4) is 0 Å². The predicted octanol–water partition coefficient (Wildman–Crippen LogP) is 3.10. The third kappa shape index (κ3) is 2.90. The van der Waals surface area contributed by atoms with Crippen molar-refractivity contribution in [1.82, 2.24) is 0 Å². The Bertz CT molecular complexity index is 334. The summed E-state index contributed by atoms with van der Waals surface area (Å²) in [6.07, 6.45) is 4.52. The third-order valence-corrected chi connectivity index (χ3v) is 2.02. The molecule has 0 fully saturated rings. The van der Waals surface area contributed by atoms with Crippen molar-refractivity contribution in [3.63, 3.8) is 0 Å². The van der Waals surface area contributed by atoms with E-state index >= 15 is 0 Å². The van der Waals surface area contributed by atoms with Crippen LogP contribution in [-0.4, -0.2) is 12.0 Å². The number of aldehydes is 1. The van der Waals surface area contributed by atoms with Crippen LogP contribution >= 0.6 is 24.2 Å². The van der Waals surface area contributed by atoms with Crippen molar-refractivity contribution in [3.05, 3.63) is 40.4 Å². The van der Waals surface area contributed by atoms with Crippen molar-refractivity contribution in [3.8, 4) is 0 Å². The normalized spacial score (nSPS) is 10.6. The van der Waals surface area contributed by atoms with E-state index in [-0.39, 0.29) is 0 Å². The highest BCUT2D eigenvalue weighted by molar-refractivity contribution is 7.80. The summed E-state index contributed by atoms with van der Waals surface area (Å²) in [6, 6.07) is 5.21. The summed E-state index contributed by atoms with van der Waals surface area (Å²) in [5.74, 6) is 0.654.